The van der Waals surface area contributed by atoms with Crippen molar-refractivity contribution in [3.63, 3.8) is 0 Å². The van der Waals surface area contributed by atoms with Gasteiger partial charge in [-0.25, -0.2) is 12.7 Å². The van der Waals surface area contributed by atoms with Gasteiger partial charge in [-0.3, -0.25) is 0 Å². The van der Waals surface area contributed by atoms with Crippen molar-refractivity contribution in [3.8, 4) is 6.07 Å². The van der Waals surface area contributed by atoms with E-state index in [4.69, 9.17) is 10.00 Å². The van der Waals surface area contributed by atoms with Gasteiger partial charge in [-0.2, -0.15) is 5.26 Å². The van der Waals surface area contributed by atoms with Crippen molar-refractivity contribution in [2.75, 3.05) is 25.4 Å². The van der Waals surface area contributed by atoms with E-state index in [0.717, 1.165) is 12.8 Å². The van der Waals surface area contributed by atoms with Crippen LogP contribution in [0.1, 0.15) is 26.2 Å². The highest BCUT2D eigenvalue weighted by Gasteiger charge is 2.27. The summed E-state index contributed by atoms with van der Waals surface area (Å²) in [5.74, 6) is 0.0479. The van der Waals surface area contributed by atoms with Crippen LogP contribution in [0.15, 0.2) is 0 Å². The molecule has 0 spiro atoms. The first-order chi connectivity index (χ1) is 7.60. The molecule has 1 unspecified atom stereocenters. The first-order valence-corrected chi connectivity index (χ1v) is 7.17. The second-order valence-corrected chi connectivity index (χ2v) is 5.83. The molecule has 0 aliphatic carbocycles. The Morgan fingerprint density at radius 1 is 1.56 bits per heavy atom. The van der Waals surface area contributed by atoms with E-state index in [-0.39, 0.29) is 24.8 Å². The van der Waals surface area contributed by atoms with E-state index in [2.05, 4.69) is 0 Å². The fourth-order valence-corrected chi connectivity index (χ4v) is 3.49. The van der Waals surface area contributed by atoms with Gasteiger partial charge in [-0.05, 0) is 12.8 Å². The lowest BCUT2D eigenvalue weighted by molar-refractivity contribution is 0.126. The Hall–Kier alpha value is -0.640. The van der Waals surface area contributed by atoms with Crippen LogP contribution in [-0.4, -0.2) is 44.3 Å². The number of rotatable bonds is 6. The minimum atomic E-state index is -3.27. The standard InChI is InChI=1S/C10H18N2O3S/c1-2-12(7-4-6-11)16(13,14)9-10-5-3-8-15-10/h10H,2-5,7-9H2,1H3. The fourth-order valence-electron chi connectivity index (χ4n) is 1.78. The maximum absolute atomic E-state index is 12.0. The summed E-state index contributed by atoms with van der Waals surface area (Å²) in [6.07, 6.45) is 1.82. The van der Waals surface area contributed by atoms with Gasteiger partial charge in [0.05, 0.1) is 17.9 Å². The summed E-state index contributed by atoms with van der Waals surface area (Å²) in [4.78, 5) is 0. The molecule has 0 aromatic carbocycles. The third-order valence-electron chi connectivity index (χ3n) is 2.64. The first-order valence-electron chi connectivity index (χ1n) is 5.56. The SMILES string of the molecule is CCN(CCC#N)S(=O)(=O)CC1CCCO1. The maximum Gasteiger partial charge on any atom is 0.216 e. The molecular weight excluding hydrogens is 228 g/mol. The summed E-state index contributed by atoms with van der Waals surface area (Å²) in [5, 5.41) is 8.46. The molecule has 0 radical (unpaired) electrons. The van der Waals surface area contributed by atoms with Gasteiger partial charge in [0.15, 0.2) is 0 Å². The number of nitriles is 1. The maximum atomic E-state index is 12.0. The monoisotopic (exact) mass is 246 g/mol. The number of sulfonamides is 1. The van der Waals surface area contributed by atoms with Gasteiger partial charge < -0.3 is 4.74 Å². The lowest BCUT2D eigenvalue weighted by Crippen LogP contribution is -2.37. The van der Waals surface area contributed by atoms with Gasteiger partial charge in [0.2, 0.25) is 10.0 Å². The van der Waals surface area contributed by atoms with Gasteiger partial charge in [-0.1, -0.05) is 6.92 Å². The van der Waals surface area contributed by atoms with Crippen molar-refractivity contribution in [1.29, 1.82) is 5.26 Å². The Kier molecular flexibility index (Phi) is 5.19. The summed E-state index contributed by atoms with van der Waals surface area (Å²) in [5.41, 5.74) is 0. The average molecular weight is 246 g/mol. The Morgan fingerprint density at radius 3 is 2.81 bits per heavy atom. The Morgan fingerprint density at radius 2 is 2.31 bits per heavy atom. The van der Waals surface area contributed by atoms with Crippen LogP contribution < -0.4 is 0 Å². The highest BCUT2D eigenvalue weighted by molar-refractivity contribution is 7.89. The van der Waals surface area contributed by atoms with Crippen LogP contribution in [0, 0.1) is 11.3 Å². The van der Waals surface area contributed by atoms with Crippen LogP contribution in [-0.2, 0) is 14.8 Å². The first kappa shape index (κ1) is 13.4. The minimum absolute atomic E-state index is 0.0479. The third-order valence-corrected chi connectivity index (χ3v) is 4.66. The van der Waals surface area contributed by atoms with Gasteiger partial charge in [-0.15, -0.1) is 0 Å². The van der Waals surface area contributed by atoms with E-state index in [1.165, 1.54) is 4.31 Å². The number of hydrogen-bond acceptors (Lipinski definition) is 4. The lowest BCUT2D eigenvalue weighted by Gasteiger charge is -2.21. The van der Waals surface area contributed by atoms with Crippen LogP contribution in [0.2, 0.25) is 0 Å². The molecule has 1 heterocycles. The zero-order chi connectivity index (χ0) is 12.0. The predicted molar refractivity (Wildman–Crippen MR) is 60.2 cm³/mol. The molecule has 1 rings (SSSR count). The van der Waals surface area contributed by atoms with E-state index in [1.54, 1.807) is 6.92 Å². The second-order valence-electron chi connectivity index (χ2n) is 3.81. The largest absolute Gasteiger partial charge is 0.377 e. The number of ether oxygens (including phenoxy) is 1. The molecule has 5 nitrogen and oxygen atoms in total. The molecular formula is C10H18N2O3S. The highest BCUT2D eigenvalue weighted by Crippen LogP contribution is 2.16. The molecule has 6 heteroatoms. The Labute approximate surface area is 97.0 Å². The quantitative estimate of drug-likeness (QED) is 0.692. The number of hydrogen-bond donors (Lipinski definition) is 0. The minimum Gasteiger partial charge on any atom is -0.377 e. The van der Waals surface area contributed by atoms with Gasteiger partial charge >= 0.3 is 0 Å². The molecule has 1 aliphatic rings. The molecule has 0 aromatic heterocycles. The molecule has 0 bridgehead atoms. The summed E-state index contributed by atoms with van der Waals surface area (Å²) in [7, 11) is -3.27. The third kappa shape index (κ3) is 3.74. The molecule has 0 amide bonds. The van der Waals surface area contributed by atoms with Crippen LogP contribution >= 0.6 is 0 Å². The van der Waals surface area contributed by atoms with Crippen LogP contribution in [0.5, 0.6) is 0 Å². The molecule has 1 fully saturated rings. The van der Waals surface area contributed by atoms with E-state index >= 15 is 0 Å². The Balaban J connectivity index is 2.55. The van der Waals surface area contributed by atoms with Crippen LogP contribution in [0.25, 0.3) is 0 Å². The molecule has 16 heavy (non-hydrogen) atoms. The zero-order valence-electron chi connectivity index (χ0n) is 9.55. The molecule has 0 saturated carbocycles. The second kappa shape index (κ2) is 6.18. The molecule has 1 aliphatic heterocycles. The van der Waals surface area contributed by atoms with E-state index in [9.17, 15) is 8.42 Å². The van der Waals surface area contributed by atoms with E-state index in [1.807, 2.05) is 6.07 Å². The van der Waals surface area contributed by atoms with E-state index < -0.39 is 10.0 Å². The summed E-state index contributed by atoms with van der Waals surface area (Å²) < 4.78 is 30.6. The Bertz CT molecular complexity index is 342. The molecule has 92 valence electrons. The van der Waals surface area contributed by atoms with Gasteiger partial charge in [0, 0.05) is 26.1 Å². The van der Waals surface area contributed by atoms with Crippen molar-refractivity contribution >= 4 is 10.0 Å². The van der Waals surface area contributed by atoms with E-state index in [0.29, 0.717) is 13.2 Å². The van der Waals surface area contributed by atoms with Crippen molar-refractivity contribution < 1.29 is 13.2 Å². The summed E-state index contributed by atoms with van der Waals surface area (Å²) in [6.45, 7) is 3.13. The summed E-state index contributed by atoms with van der Waals surface area (Å²) in [6, 6.07) is 1.96. The van der Waals surface area contributed by atoms with Gasteiger partial charge in [0.1, 0.15) is 0 Å². The molecule has 0 aromatic rings. The van der Waals surface area contributed by atoms with Crippen molar-refractivity contribution in [2.24, 2.45) is 0 Å². The molecule has 1 atom stereocenters. The van der Waals surface area contributed by atoms with Crippen molar-refractivity contribution in [3.05, 3.63) is 0 Å². The van der Waals surface area contributed by atoms with Crippen LogP contribution in [0.3, 0.4) is 0 Å². The number of nitrogens with zero attached hydrogens (tertiary/aromatic N) is 2. The summed E-state index contributed by atoms with van der Waals surface area (Å²) >= 11 is 0. The molecule has 0 N–H and O–H groups in total. The highest BCUT2D eigenvalue weighted by atomic mass is 32.2. The average Bonchev–Trinajstić information content (AvgIpc) is 2.70. The van der Waals surface area contributed by atoms with Gasteiger partial charge in [0.25, 0.3) is 0 Å². The topological polar surface area (TPSA) is 70.4 Å². The zero-order valence-corrected chi connectivity index (χ0v) is 10.4. The van der Waals surface area contributed by atoms with Crippen LogP contribution in [0.4, 0.5) is 0 Å². The fraction of sp³-hybridized carbons (Fsp3) is 0.900. The van der Waals surface area contributed by atoms with Crippen molar-refractivity contribution in [2.45, 2.75) is 32.3 Å². The lowest BCUT2D eigenvalue weighted by atomic mass is 10.3. The predicted octanol–water partition coefficient (Wildman–Crippen LogP) is 0.731. The smallest absolute Gasteiger partial charge is 0.216 e. The molecule has 1 saturated heterocycles. The normalized spacial score (nSPS) is 21.2. The van der Waals surface area contributed by atoms with Crippen molar-refractivity contribution in [1.82, 2.24) is 4.31 Å².